The van der Waals surface area contributed by atoms with E-state index in [-0.39, 0.29) is 0 Å². The summed E-state index contributed by atoms with van der Waals surface area (Å²) in [5.74, 6) is 0. The number of pyridine rings is 1. The van der Waals surface area contributed by atoms with Gasteiger partial charge in [-0.1, -0.05) is 146 Å². The molecular weight excluding hydrogens is 579 g/mol. The van der Waals surface area contributed by atoms with Crippen molar-refractivity contribution in [2.45, 2.75) is 13.8 Å². The Morgan fingerprint density at radius 2 is 0.875 bits per heavy atom. The molecule has 1 nitrogen and oxygen atoms in total. The van der Waals surface area contributed by atoms with Gasteiger partial charge in [-0.3, -0.25) is 4.98 Å². The molecule has 0 aliphatic rings. The van der Waals surface area contributed by atoms with E-state index in [1.165, 1.54) is 87.6 Å². The number of aryl methyl sites for hydroxylation is 2. The Labute approximate surface area is 280 Å². The van der Waals surface area contributed by atoms with Gasteiger partial charge in [-0.2, -0.15) is 0 Å². The van der Waals surface area contributed by atoms with Crippen molar-refractivity contribution in [3.8, 4) is 44.5 Å². The summed E-state index contributed by atoms with van der Waals surface area (Å²) in [7, 11) is 0. The van der Waals surface area contributed by atoms with Crippen molar-refractivity contribution in [2.24, 2.45) is 0 Å². The average molecular weight is 612 g/mol. The minimum Gasteiger partial charge on any atom is -0.260 e. The molecule has 8 aromatic carbocycles. The van der Waals surface area contributed by atoms with E-state index in [1.807, 2.05) is 6.20 Å². The largest absolute Gasteiger partial charge is 0.260 e. The van der Waals surface area contributed by atoms with Crippen molar-refractivity contribution >= 4 is 43.1 Å². The van der Waals surface area contributed by atoms with Crippen molar-refractivity contribution in [3.05, 3.63) is 175 Å². The lowest BCUT2D eigenvalue weighted by atomic mass is 9.82. The summed E-state index contributed by atoms with van der Waals surface area (Å²) < 4.78 is 0. The molecule has 0 saturated carbocycles. The third-order valence-corrected chi connectivity index (χ3v) is 10.1. The summed E-state index contributed by atoms with van der Waals surface area (Å²) in [6, 6.07) is 57.6. The number of benzene rings is 8. The van der Waals surface area contributed by atoms with Crippen LogP contribution < -0.4 is 0 Å². The molecule has 0 aliphatic carbocycles. The zero-order valence-corrected chi connectivity index (χ0v) is 27.0. The molecule has 0 saturated heterocycles. The highest BCUT2D eigenvalue weighted by Crippen LogP contribution is 2.48. The fourth-order valence-electron chi connectivity index (χ4n) is 7.75. The van der Waals surface area contributed by atoms with Crippen molar-refractivity contribution in [3.63, 3.8) is 0 Å². The molecule has 0 radical (unpaired) electrons. The van der Waals surface area contributed by atoms with Crippen LogP contribution in [0.4, 0.5) is 0 Å². The molecule has 0 atom stereocenters. The second-order valence-corrected chi connectivity index (χ2v) is 12.7. The first-order chi connectivity index (χ1) is 23.7. The Balaban J connectivity index is 1.40. The van der Waals surface area contributed by atoms with E-state index in [4.69, 9.17) is 4.98 Å². The summed E-state index contributed by atoms with van der Waals surface area (Å²) in [5.41, 5.74) is 12.0. The van der Waals surface area contributed by atoms with Crippen LogP contribution >= 0.6 is 0 Å². The second kappa shape index (κ2) is 11.3. The molecular formula is C47H33N. The van der Waals surface area contributed by atoms with E-state index in [0.29, 0.717) is 0 Å². The maximum absolute atomic E-state index is 4.93. The van der Waals surface area contributed by atoms with Crippen LogP contribution in [0.25, 0.3) is 87.6 Å². The first kappa shape index (κ1) is 28.2. The van der Waals surface area contributed by atoms with Gasteiger partial charge in [-0.25, -0.2) is 0 Å². The van der Waals surface area contributed by atoms with Gasteiger partial charge in [-0.15, -0.1) is 0 Å². The first-order valence-corrected chi connectivity index (χ1v) is 16.6. The predicted octanol–water partition coefficient (Wildman–Crippen LogP) is 13.0. The molecule has 9 rings (SSSR count). The Hall–Kier alpha value is -6.05. The third-order valence-electron chi connectivity index (χ3n) is 10.1. The molecule has 0 unspecified atom stereocenters. The number of rotatable bonds is 4. The van der Waals surface area contributed by atoms with Gasteiger partial charge in [0.05, 0.1) is 0 Å². The highest BCUT2D eigenvalue weighted by Gasteiger charge is 2.21. The molecule has 0 fully saturated rings. The van der Waals surface area contributed by atoms with Crippen LogP contribution in [0.2, 0.25) is 0 Å². The predicted molar refractivity (Wildman–Crippen MR) is 205 cm³/mol. The van der Waals surface area contributed by atoms with Crippen LogP contribution in [0, 0.1) is 13.8 Å². The number of hydrogen-bond donors (Lipinski definition) is 0. The van der Waals surface area contributed by atoms with E-state index < -0.39 is 0 Å². The Bertz CT molecular complexity index is 2620. The number of aromatic nitrogens is 1. The van der Waals surface area contributed by atoms with Crippen molar-refractivity contribution in [1.82, 2.24) is 4.98 Å². The minimum absolute atomic E-state index is 1.03. The van der Waals surface area contributed by atoms with E-state index in [9.17, 15) is 0 Å². The third kappa shape index (κ3) is 4.43. The summed E-state index contributed by atoms with van der Waals surface area (Å²) in [5, 5.41) is 10.1. The van der Waals surface area contributed by atoms with Crippen LogP contribution in [-0.2, 0) is 0 Å². The van der Waals surface area contributed by atoms with Crippen LogP contribution in [0.3, 0.4) is 0 Å². The second-order valence-electron chi connectivity index (χ2n) is 12.7. The van der Waals surface area contributed by atoms with Gasteiger partial charge in [0, 0.05) is 23.0 Å². The molecule has 0 aliphatic heterocycles. The van der Waals surface area contributed by atoms with Gasteiger partial charge in [0.1, 0.15) is 0 Å². The van der Waals surface area contributed by atoms with Gasteiger partial charge >= 0.3 is 0 Å². The molecule has 0 N–H and O–H groups in total. The van der Waals surface area contributed by atoms with E-state index in [2.05, 4.69) is 172 Å². The maximum Gasteiger partial charge on any atom is 0.0451 e. The quantitative estimate of drug-likeness (QED) is 0.180. The fourth-order valence-corrected chi connectivity index (χ4v) is 7.75. The van der Waals surface area contributed by atoms with Crippen LogP contribution in [0.5, 0.6) is 0 Å². The Morgan fingerprint density at radius 3 is 1.54 bits per heavy atom. The van der Waals surface area contributed by atoms with Crippen LogP contribution in [0.1, 0.15) is 11.3 Å². The minimum atomic E-state index is 1.03. The van der Waals surface area contributed by atoms with Gasteiger partial charge < -0.3 is 0 Å². The fraction of sp³-hybridized carbons (Fsp3) is 0.0426. The number of nitrogens with zero attached hydrogens (tertiary/aromatic N) is 1. The lowest BCUT2D eigenvalue weighted by Gasteiger charge is -2.21. The molecule has 9 aromatic rings. The lowest BCUT2D eigenvalue weighted by Crippen LogP contribution is -1.96. The zero-order chi connectivity index (χ0) is 32.2. The highest BCUT2D eigenvalue weighted by atomic mass is 14.7. The molecule has 48 heavy (non-hydrogen) atoms. The zero-order valence-electron chi connectivity index (χ0n) is 27.0. The van der Waals surface area contributed by atoms with Crippen molar-refractivity contribution in [2.75, 3.05) is 0 Å². The van der Waals surface area contributed by atoms with E-state index >= 15 is 0 Å². The lowest BCUT2D eigenvalue weighted by molar-refractivity contribution is 1.20. The Kier molecular flexibility index (Phi) is 6.66. The van der Waals surface area contributed by atoms with Gasteiger partial charge in [0.2, 0.25) is 0 Å². The molecule has 1 heterocycles. The summed E-state index contributed by atoms with van der Waals surface area (Å²) in [4.78, 5) is 4.93. The molecule has 0 amide bonds. The van der Waals surface area contributed by atoms with Gasteiger partial charge in [0.15, 0.2) is 0 Å². The molecule has 1 heteroatoms. The molecule has 0 spiro atoms. The van der Waals surface area contributed by atoms with Crippen LogP contribution in [0.15, 0.2) is 164 Å². The molecule has 1 aromatic heterocycles. The van der Waals surface area contributed by atoms with Crippen LogP contribution in [-0.4, -0.2) is 4.98 Å². The smallest absolute Gasteiger partial charge is 0.0451 e. The van der Waals surface area contributed by atoms with Crippen molar-refractivity contribution in [1.29, 1.82) is 0 Å². The summed E-state index contributed by atoms with van der Waals surface area (Å²) in [6.07, 6.45) is 2.00. The average Bonchev–Trinajstić information content (AvgIpc) is 3.15. The van der Waals surface area contributed by atoms with E-state index in [0.717, 1.165) is 11.3 Å². The van der Waals surface area contributed by atoms with Gasteiger partial charge in [-0.05, 0) is 108 Å². The summed E-state index contributed by atoms with van der Waals surface area (Å²) >= 11 is 0. The molecule has 226 valence electrons. The monoisotopic (exact) mass is 611 g/mol. The first-order valence-electron chi connectivity index (χ1n) is 16.6. The standard InChI is InChI=1S/C47H33N/c1-30-35-19-8-9-21-37(35)45(28-43(30)44-27-34(29-48-31(44)2)32-15-4-3-5-16-32)47-41-24-12-10-22-39(41)46(40-23-11-13-25-42(40)47)38-26-14-18-33-17-6-7-20-36(33)38/h3-29H,1-2H3. The van der Waals surface area contributed by atoms with Gasteiger partial charge in [0.25, 0.3) is 0 Å². The topological polar surface area (TPSA) is 12.9 Å². The maximum atomic E-state index is 4.93. The number of fused-ring (bicyclic) bond motifs is 4. The van der Waals surface area contributed by atoms with Crippen molar-refractivity contribution < 1.29 is 0 Å². The summed E-state index contributed by atoms with van der Waals surface area (Å²) in [6.45, 7) is 4.39. The SMILES string of the molecule is Cc1ncc(-c2ccccc2)cc1-c1cc(-c2c3ccccc3c(-c3cccc4ccccc34)c3ccccc23)c2ccccc2c1C. The normalized spacial score (nSPS) is 11.5. The van der Waals surface area contributed by atoms with E-state index in [1.54, 1.807) is 0 Å². The highest BCUT2D eigenvalue weighted by molar-refractivity contribution is 6.25. The number of hydrogen-bond acceptors (Lipinski definition) is 1. The molecule has 0 bridgehead atoms. The Morgan fingerprint density at radius 1 is 0.354 bits per heavy atom.